The number of benzene rings is 3. The first-order valence-electron chi connectivity index (χ1n) is 14.2. The highest BCUT2D eigenvalue weighted by atomic mass is 35.5. The maximum absolute atomic E-state index is 14.1. The van der Waals surface area contributed by atoms with E-state index >= 15 is 0 Å². The fraction of sp³-hybridized carbons (Fsp3) is 0.294. The number of carbonyl (C=O) groups is 2. The zero-order chi connectivity index (χ0) is 30.8. The number of hydrogen-bond donors (Lipinski definition) is 0. The van der Waals surface area contributed by atoms with Gasteiger partial charge in [-0.2, -0.15) is 0 Å². The normalized spacial score (nSPS) is 13.4. The third-order valence-corrected chi connectivity index (χ3v) is 7.21. The van der Waals surface area contributed by atoms with Crippen molar-refractivity contribution in [3.8, 4) is 16.9 Å². The third kappa shape index (κ3) is 7.79. The number of hydrogen-bond acceptors (Lipinski definition) is 4. The Bertz CT molecular complexity index is 1410. The largest absolute Gasteiger partial charge is 0.449 e. The van der Waals surface area contributed by atoms with Crippen molar-refractivity contribution in [1.82, 2.24) is 9.80 Å². The molecule has 8 heteroatoms. The van der Waals surface area contributed by atoms with Crippen LogP contribution in [0, 0.1) is 12.7 Å². The molecule has 1 saturated heterocycles. The Hall–Kier alpha value is -4.10. The molecule has 4 rings (SSSR count). The first kappa shape index (κ1) is 32.4. The number of likely N-dealkylation sites (N-methyl/N-ethyl adjacent to an activating group) is 1. The number of halogens is 2. The number of amides is 2. The van der Waals surface area contributed by atoms with E-state index < -0.39 is 0 Å². The minimum atomic E-state index is -0.327. The maximum atomic E-state index is 14.1. The van der Waals surface area contributed by atoms with E-state index in [9.17, 15) is 14.0 Å². The molecule has 3 aromatic rings. The number of nitrogens with zero attached hydrogens (tertiary/aromatic N) is 3. The summed E-state index contributed by atoms with van der Waals surface area (Å²) in [6, 6.07) is 19.1. The zero-order valence-corrected chi connectivity index (χ0v) is 25.7. The SMILES string of the molecule is C=C/C(=C(/Oc1ccc(-c2ccc(F)cc2C)cc1)C(=O)N(CC)c1ccc(Cl)cc1)N1CCN(C(C)=O)CC1.CC. The summed E-state index contributed by atoms with van der Waals surface area (Å²) in [6.45, 7) is 15.9. The van der Waals surface area contributed by atoms with Crippen LogP contribution in [0.4, 0.5) is 10.1 Å². The first-order valence-corrected chi connectivity index (χ1v) is 14.6. The number of carbonyl (C=O) groups excluding carboxylic acids is 2. The molecule has 0 N–H and O–H groups in total. The van der Waals surface area contributed by atoms with Crippen molar-refractivity contribution in [3.63, 3.8) is 0 Å². The summed E-state index contributed by atoms with van der Waals surface area (Å²) in [5.41, 5.74) is 3.88. The van der Waals surface area contributed by atoms with Gasteiger partial charge >= 0.3 is 0 Å². The summed E-state index contributed by atoms with van der Waals surface area (Å²) in [6.07, 6.45) is 1.63. The van der Waals surface area contributed by atoms with Crippen LogP contribution in [-0.4, -0.2) is 54.3 Å². The molecule has 0 bridgehead atoms. The fourth-order valence-corrected chi connectivity index (χ4v) is 4.92. The summed E-state index contributed by atoms with van der Waals surface area (Å²) in [4.78, 5) is 31.4. The molecule has 0 atom stereocenters. The molecule has 1 fully saturated rings. The van der Waals surface area contributed by atoms with Gasteiger partial charge < -0.3 is 19.4 Å². The summed E-state index contributed by atoms with van der Waals surface area (Å²) < 4.78 is 19.9. The topological polar surface area (TPSA) is 53.1 Å². The lowest BCUT2D eigenvalue weighted by Crippen LogP contribution is -2.48. The highest BCUT2D eigenvalue weighted by molar-refractivity contribution is 6.30. The summed E-state index contributed by atoms with van der Waals surface area (Å²) in [5, 5.41) is 0.575. The van der Waals surface area contributed by atoms with Crippen molar-refractivity contribution in [2.24, 2.45) is 0 Å². The van der Waals surface area contributed by atoms with Crippen molar-refractivity contribution in [3.05, 3.63) is 107 Å². The summed E-state index contributed by atoms with van der Waals surface area (Å²) >= 11 is 6.09. The highest BCUT2D eigenvalue weighted by Crippen LogP contribution is 2.29. The second kappa shape index (κ2) is 15.2. The van der Waals surface area contributed by atoms with Crippen molar-refractivity contribution in [2.45, 2.75) is 34.6 Å². The van der Waals surface area contributed by atoms with Gasteiger partial charge in [0.25, 0.3) is 5.91 Å². The van der Waals surface area contributed by atoms with Gasteiger partial charge in [0, 0.05) is 50.4 Å². The average molecular weight is 592 g/mol. The molecule has 1 heterocycles. The molecule has 2 amide bonds. The van der Waals surface area contributed by atoms with E-state index in [-0.39, 0.29) is 23.4 Å². The molecule has 222 valence electrons. The highest BCUT2D eigenvalue weighted by Gasteiger charge is 2.28. The number of piperazine rings is 1. The van der Waals surface area contributed by atoms with E-state index in [1.54, 1.807) is 65.3 Å². The van der Waals surface area contributed by atoms with Crippen LogP contribution in [0.25, 0.3) is 11.1 Å². The molecule has 6 nitrogen and oxygen atoms in total. The van der Waals surface area contributed by atoms with Gasteiger partial charge in [-0.15, -0.1) is 0 Å². The molecule has 0 spiro atoms. The quantitative estimate of drug-likeness (QED) is 0.155. The van der Waals surface area contributed by atoms with E-state index in [1.165, 1.54) is 12.1 Å². The third-order valence-electron chi connectivity index (χ3n) is 6.96. The van der Waals surface area contributed by atoms with Crippen LogP contribution in [0.2, 0.25) is 5.02 Å². The van der Waals surface area contributed by atoms with Gasteiger partial charge in [0.15, 0.2) is 0 Å². The number of anilines is 1. The fourth-order valence-electron chi connectivity index (χ4n) is 4.79. The van der Waals surface area contributed by atoms with E-state index in [4.69, 9.17) is 16.3 Å². The predicted molar refractivity (Wildman–Crippen MR) is 169 cm³/mol. The monoisotopic (exact) mass is 591 g/mol. The molecular weight excluding hydrogens is 553 g/mol. The predicted octanol–water partition coefficient (Wildman–Crippen LogP) is 7.47. The minimum Gasteiger partial charge on any atom is -0.449 e. The lowest BCUT2D eigenvalue weighted by molar-refractivity contribution is -0.130. The minimum absolute atomic E-state index is 0.0210. The van der Waals surface area contributed by atoms with Gasteiger partial charge in [0.1, 0.15) is 11.6 Å². The van der Waals surface area contributed by atoms with Crippen molar-refractivity contribution < 1.29 is 18.7 Å². The van der Waals surface area contributed by atoms with Crippen LogP contribution in [0.15, 0.2) is 90.8 Å². The summed E-state index contributed by atoms with van der Waals surface area (Å²) in [7, 11) is 0. The molecular formula is C34H39ClFN3O3. The van der Waals surface area contributed by atoms with Gasteiger partial charge in [0.2, 0.25) is 11.7 Å². The molecule has 3 aromatic carbocycles. The Morgan fingerprint density at radius 3 is 2.10 bits per heavy atom. The molecule has 0 aromatic heterocycles. The van der Waals surface area contributed by atoms with Gasteiger partial charge in [-0.05, 0) is 85.1 Å². The number of ether oxygens (including phenoxy) is 1. The Balaban J connectivity index is 0.00000237. The van der Waals surface area contributed by atoms with Crippen LogP contribution < -0.4 is 9.64 Å². The van der Waals surface area contributed by atoms with Crippen LogP contribution in [-0.2, 0) is 9.59 Å². The van der Waals surface area contributed by atoms with E-state index in [0.717, 1.165) is 16.7 Å². The Morgan fingerprint density at radius 2 is 1.57 bits per heavy atom. The Labute approximate surface area is 253 Å². The lowest BCUT2D eigenvalue weighted by Gasteiger charge is -2.37. The zero-order valence-electron chi connectivity index (χ0n) is 25.0. The van der Waals surface area contributed by atoms with E-state index in [0.29, 0.717) is 54.9 Å². The summed E-state index contributed by atoms with van der Waals surface area (Å²) in [5.74, 6) is 0.0196. The van der Waals surface area contributed by atoms with Crippen molar-refractivity contribution >= 4 is 29.1 Å². The Kier molecular flexibility index (Phi) is 11.7. The van der Waals surface area contributed by atoms with Gasteiger partial charge in [-0.1, -0.05) is 50.2 Å². The van der Waals surface area contributed by atoms with Gasteiger partial charge in [-0.25, -0.2) is 4.39 Å². The first-order chi connectivity index (χ1) is 20.2. The Morgan fingerprint density at radius 1 is 0.976 bits per heavy atom. The van der Waals surface area contributed by atoms with Crippen LogP contribution in [0.5, 0.6) is 5.75 Å². The number of allylic oxidation sites excluding steroid dienone is 1. The second-order valence-corrected chi connectivity index (χ2v) is 9.96. The van der Waals surface area contributed by atoms with E-state index in [1.807, 2.05) is 44.7 Å². The molecule has 42 heavy (non-hydrogen) atoms. The smallest absolute Gasteiger partial charge is 0.296 e. The molecule has 1 aliphatic heterocycles. The molecule has 0 radical (unpaired) electrons. The van der Waals surface area contributed by atoms with E-state index in [2.05, 4.69) is 6.58 Å². The van der Waals surface area contributed by atoms with Crippen LogP contribution in [0.3, 0.4) is 0 Å². The standard InChI is InChI=1S/C32H33ClFN3O3.C2H6/c1-5-30(36-19-17-35(18-20-36)23(4)38)31(32(39)37(6-2)27-12-9-25(33)10-13-27)40-28-14-7-24(8-15-28)29-16-11-26(34)21-22(29)3;1-2/h5,7-16,21H,1,6,17-20H2,2-4H3;1-2H3/b31-30-;. The second-order valence-electron chi connectivity index (χ2n) is 9.52. The maximum Gasteiger partial charge on any atom is 0.296 e. The molecule has 1 aliphatic rings. The average Bonchev–Trinajstić information content (AvgIpc) is 3.00. The lowest BCUT2D eigenvalue weighted by atomic mass is 10.0. The molecule has 0 unspecified atom stereocenters. The van der Waals surface area contributed by atoms with Gasteiger partial charge in [-0.3, -0.25) is 9.59 Å². The van der Waals surface area contributed by atoms with Crippen molar-refractivity contribution in [2.75, 3.05) is 37.6 Å². The number of aryl methyl sites for hydroxylation is 1. The van der Waals surface area contributed by atoms with Crippen molar-refractivity contribution in [1.29, 1.82) is 0 Å². The molecule has 0 aliphatic carbocycles. The molecule has 0 saturated carbocycles. The van der Waals surface area contributed by atoms with Crippen LogP contribution in [0.1, 0.15) is 33.3 Å². The number of rotatable bonds is 8. The van der Waals surface area contributed by atoms with Crippen LogP contribution >= 0.6 is 11.6 Å². The van der Waals surface area contributed by atoms with Gasteiger partial charge in [0.05, 0.1) is 5.70 Å².